The van der Waals surface area contributed by atoms with Crippen LogP contribution in [0.2, 0.25) is 0 Å². The summed E-state index contributed by atoms with van der Waals surface area (Å²) in [6.07, 6.45) is 2.65. The molecule has 114 valence electrons. The quantitative estimate of drug-likeness (QED) is 0.907. The molecule has 5 nitrogen and oxygen atoms in total. The lowest BCUT2D eigenvalue weighted by atomic mass is 9.97. The highest BCUT2D eigenvalue weighted by Crippen LogP contribution is 2.27. The normalized spacial score (nSPS) is 16.3. The van der Waals surface area contributed by atoms with Crippen LogP contribution in [-0.4, -0.2) is 31.1 Å². The molecule has 2 aromatic rings. The van der Waals surface area contributed by atoms with Crippen molar-refractivity contribution in [1.29, 1.82) is 0 Å². The van der Waals surface area contributed by atoms with Gasteiger partial charge in [0.25, 0.3) is 5.91 Å². The van der Waals surface area contributed by atoms with Gasteiger partial charge in [-0.2, -0.15) is 0 Å². The molecule has 1 aromatic carbocycles. The zero-order valence-corrected chi connectivity index (χ0v) is 12.5. The van der Waals surface area contributed by atoms with Crippen LogP contribution in [0.1, 0.15) is 15.9 Å². The van der Waals surface area contributed by atoms with E-state index in [1.807, 2.05) is 18.2 Å². The summed E-state index contributed by atoms with van der Waals surface area (Å²) in [4.78, 5) is 16.1. The zero-order chi connectivity index (χ0) is 15.4. The third kappa shape index (κ3) is 3.03. The number of pyridine rings is 1. The maximum absolute atomic E-state index is 11.8. The molecule has 0 saturated heterocycles. The number of amides is 1. The third-order valence-corrected chi connectivity index (χ3v) is 3.79. The van der Waals surface area contributed by atoms with Gasteiger partial charge in [0, 0.05) is 25.7 Å². The molecular formula is C17H19N3O2. The van der Waals surface area contributed by atoms with Gasteiger partial charge < -0.3 is 15.4 Å². The van der Waals surface area contributed by atoms with Gasteiger partial charge in [-0.25, -0.2) is 4.98 Å². The number of benzene rings is 1. The summed E-state index contributed by atoms with van der Waals surface area (Å²) in [6.45, 7) is 1.39. The molecule has 0 bridgehead atoms. The molecule has 0 spiro atoms. The van der Waals surface area contributed by atoms with Crippen molar-refractivity contribution < 1.29 is 9.53 Å². The maximum Gasteiger partial charge on any atom is 0.254 e. The number of fused-ring (bicyclic) bond motifs is 1. The number of nitrogens with one attached hydrogen (secondary N) is 2. The second-order valence-electron chi connectivity index (χ2n) is 5.35. The summed E-state index contributed by atoms with van der Waals surface area (Å²) in [6, 6.07) is 11.6. The van der Waals surface area contributed by atoms with Gasteiger partial charge in [0.15, 0.2) is 0 Å². The lowest BCUT2D eigenvalue weighted by Crippen LogP contribution is -2.28. The summed E-state index contributed by atoms with van der Waals surface area (Å²) >= 11 is 0. The number of aromatic nitrogens is 1. The van der Waals surface area contributed by atoms with Gasteiger partial charge >= 0.3 is 0 Å². The Morgan fingerprint density at radius 1 is 1.32 bits per heavy atom. The molecule has 22 heavy (non-hydrogen) atoms. The number of nitrogens with zero attached hydrogens (tertiary/aromatic N) is 1. The van der Waals surface area contributed by atoms with Crippen LogP contribution in [0.15, 0.2) is 42.6 Å². The van der Waals surface area contributed by atoms with E-state index in [0.717, 1.165) is 18.7 Å². The molecule has 1 amide bonds. The molecule has 0 aliphatic carbocycles. The van der Waals surface area contributed by atoms with Crippen molar-refractivity contribution in [3.8, 4) is 5.75 Å². The van der Waals surface area contributed by atoms with Gasteiger partial charge in [-0.3, -0.25) is 4.79 Å². The fourth-order valence-corrected chi connectivity index (χ4v) is 2.63. The highest BCUT2D eigenvalue weighted by Gasteiger charge is 2.20. The highest BCUT2D eigenvalue weighted by atomic mass is 16.5. The molecule has 2 heterocycles. The first kappa shape index (κ1) is 14.4. The summed E-state index contributed by atoms with van der Waals surface area (Å²) in [5.41, 5.74) is 1.79. The number of ether oxygens (including phenoxy) is 1. The van der Waals surface area contributed by atoms with Crippen molar-refractivity contribution in [2.45, 2.75) is 6.42 Å². The van der Waals surface area contributed by atoms with Gasteiger partial charge in [-0.1, -0.05) is 18.2 Å². The van der Waals surface area contributed by atoms with E-state index in [0.29, 0.717) is 23.9 Å². The second kappa shape index (κ2) is 6.47. The first-order valence-electron chi connectivity index (χ1n) is 7.39. The largest absolute Gasteiger partial charge is 0.493 e. The van der Waals surface area contributed by atoms with Gasteiger partial charge in [-0.15, -0.1) is 0 Å². The van der Waals surface area contributed by atoms with Crippen molar-refractivity contribution in [3.63, 3.8) is 0 Å². The fraction of sp³-hybridized carbons (Fsp3) is 0.294. The van der Waals surface area contributed by atoms with Crippen LogP contribution in [0.25, 0.3) is 0 Å². The van der Waals surface area contributed by atoms with Gasteiger partial charge in [0.1, 0.15) is 11.6 Å². The average molecular weight is 297 g/mol. The monoisotopic (exact) mass is 297 g/mol. The van der Waals surface area contributed by atoms with Gasteiger partial charge in [0.05, 0.1) is 12.2 Å². The minimum Gasteiger partial charge on any atom is -0.493 e. The fourth-order valence-electron chi connectivity index (χ4n) is 2.63. The van der Waals surface area contributed by atoms with Crippen LogP contribution < -0.4 is 15.4 Å². The lowest BCUT2D eigenvalue weighted by Gasteiger charge is -2.25. The number of carbonyl (C=O) groups excluding carboxylic acids is 1. The lowest BCUT2D eigenvalue weighted by molar-refractivity contribution is 0.0963. The first-order valence-corrected chi connectivity index (χ1v) is 7.39. The second-order valence-corrected chi connectivity index (χ2v) is 5.35. The van der Waals surface area contributed by atoms with E-state index in [4.69, 9.17) is 4.74 Å². The van der Waals surface area contributed by atoms with E-state index in [2.05, 4.69) is 21.7 Å². The minimum absolute atomic E-state index is 0.138. The summed E-state index contributed by atoms with van der Waals surface area (Å²) in [7, 11) is 1.62. The van der Waals surface area contributed by atoms with E-state index < -0.39 is 0 Å². The van der Waals surface area contributed by atoms with Gasteiger partial charge in [-0.05, 0) is 30.2 Å². The molecule has 0 radical (unpaired) electrons. The Hall–Kier alpha value is -2.56. The molecule has 1 aliphatic heterocycles. The van der Waals surface area contributed by atoms with Gasteiger partial charge in [0.2, 0.25) is 0 Å². The summed E-state index contributed by atoms with van der Waals surface area (Å²) < 4.78 is 5.78. The van der Waals surface area contributed by atoms with Crippen LogP contribution in [0.3, 0.4) is 0 Å². The number of carbonyl (C=O) groups is 1. The van der Waals surface area contributed by atoms with Crippen LogP contribution in [0.5, 0.6) is 5.75 Å². The predicted molar refractivity (Wildman–Crippen MR) is 85.2 cm³/mol. The molecule has 0 unspecified atom stereocenters. The third-order valence-electron chi connectivity index (χ3n) is 3.79. The van der Waals surface area contributed by atoms with E-state index in [-0.39, 0.29) is 5.91 Å². The highest BCUT2D eigenvalue weighted by molar-refractivity contribution is 5.98. The Bertz CT molecular complexity index is 672. The predicted octanol–water partition coefficient (Wildman–Crippen LogP) is 2.10. The molecule has 2 N–H and O–H groups in total. The van der Waals surface area contributed by atoms with E-state index in [1.54, 1.807) is 25.4 Å². The van der Waals surface area contributed by atoms with Crippen molar-refractivity contribution in [2.24, 2.45) is 5.92 Å². The van der Waals surface area contributed by atoms with Crippen LogP contribution >= 0.6 is 0 Å². The molecule has 5 heteroatoms. The number of para-hydroxylation sites is 1. The molecule has 0 fully saturated rings. The maximum atomic E-state index is 11.8. The number of rotatable bonds is 4. The van der Waals surface area contributed by atoms with Crippen LogP contribution in [0.4, 0.5) is 5.82 Å². The Kier molecular flexibility index (Phi) is 4.23. The summed E-state index contributed by atoms with van der Waals surface area (Å²) in [5, 5.41) is 5.91. The number of anilines is 1. The minimum atomic E-state index is -0.138. The molecule has 3 rings (SSSR count). The molecule has 1 aliphatic rings. The Balaban J connectivity index is 1.66. The van der Waals surface area contributed by atoms with E-state index in [1.165, 1.54) is 5.56 Å². The first-order chi connectivity index (χ1) is 10.8. The molecule has 1 aromatic heterocycles. The van der Waals surface area contributed by atoms with Crippen molar-refractivity contribution in [3.05, 3.63) is 53.7 Å². The number of hydrogen-bond donors (Lipinski definition) is 2. The molecule has 1 atom stereocenters. The summed E-state index contributed by atoms with van der Waals surface area (Å²) in [5.74, 6) is 1.80. The SMILES string of the molecule is CNC(=O)c1cccnc1NC[C@@H]1COc2ccccc2C1. The Labute approximate surface area is 129 Å². The van der Waals surface area contributed by atoms with Crippen LogP contribution in [-0.2, 0) is 6.42 Å². The van der Waals surface area contributed by atoms with E-state index in [9.17, 15) is 4.79 Å². The topological polar surface area (TPSA) is 63.2 Å². The van der Waals surface area contributed by atoms with E-state index >= 15 is 0 Å². The molecule has 0 saturated carbocycles. The van der Waals surface area contributed by atoms with Crippen LogP contribution in [0, 0.1) is 5.92 Å². The van der Waals surface area contributed by atoms with Crippen molar-refractivity contribution >= 4 is 11.7 Å². The van der Waals surface area contributed by atoms with Crippen molar-refractivity contribution in [1.82, 2.24) is 10.3 Å². The molecular weight excluding hydrogens is 278 g/mol. The smallest absolute Gasteiger partial charge is 0.254 e. The number of hydrogen-bond acceptors (Lipinski definition) is 4. The Morgan fingerprint density at radius 3 is 3.05 bits per heavy atom. The average Bonchev–Trinajstić information content (AvgIpc) is 2.59. The van der Waals surface area contributed by atoms with Crippen molar-refractivity contribution in [2.75, 3.05) is 25.5 Å². The zero-order valence-electron chi connectivity index (χ0n) is 12.5. The standard InChI is InChI=1S/C17H19N3O2/c1-18-17(21)14-6-4-8-19-16(14)20-10-12-9-13-5-2-3-7-15(13)22-11-12/h2-8,12H,9-11H2,1H3,(H,18,21)(H,19,20)/t12-/m1/s1. The Morgan fingerprint density at radius 2 is 2.18 bits per heavy atom.